The molecule has 0 aromatic carbocycles. The second kappa shape index (κ2) is 20.5. The van der Waals surface area contributed by atoms with Gasteiger partial charge in [-0.15, -0.1) is 5.10 Å². The number of amides is 1. The third kappa shape index (κ3) is 14.1. The first-order valence-corrected chi connectivity index (χ1v) is 14.3. The van der Waals surface area contributed by atoms with Crippen LogP contribution < -0.4 is 16.6 Å². The van der Waals surface area contributed by atoms with Crippen molar-refractivity contribution >= 4 is 17.1 Å². The summed E-state index contributed by atoms with van der Waals surface area (Å²) < 4.78 is 31.8. The topological polar surface area (TPSA) is 179 Å². The third-order valence-corrected chi connectivity index (χ3v) is 5.99. The Morgan fingerprint density at radius 1 is 0.930 bits per heavy atom. The van der Waals surface area contributed by atoms with Gasteiger partial charge in [0.15, 0.2) is 11.2 Å². The fourth-order valence-electron chi connectivity index (χ4n) is 3.51. The summed E-state index contributed by atoms with van der Waals surface area (Å²) in [6.45, 7) is 10.1. The first-order chi connectivity index (χ1) is 20.7. The number of aromatic amines is 1. The molecule has 242 valence electrons. The van der Waals surface area contributed by atoms with E-state index in [0.29, 0.717) is 89.6 Å². The molecule has 0 aliphatic heterocycles. The lowest BCUT2D eigenvalue weighted by Gasteiger charge is -2.07. The van der Waals surface area contributed by atoms with Gasteiger partial charge in [0.05, 0.1) is 78.6 Å². The van der Waals surface area contributed by atoms with Gasteiger partial charge in [0.1, 0.15) is 5.69 Å². The Bertz CT molecular complexity index is 1320. The average Bonchev–Trinajstić information content (AvgIpc) is 3.61. The van der Waals surface area contributed by atoms with E-state index in [4.69, 9.17) is 23.7 Å². The van der Waals surface area contributed by atoms with E-state index in [1.165, 1.54) is 10.9 Å². The maximum Gasteiger partial charge on any atom is 0.329 e. The summed E-state index contributed by atoms with van der Waals surface area (Å²) in [5, 5.41) is 10.7. The van der Waals surface area contributed by atoms with Crippen molar-refractivity contribution < 1.29 is 28.5 Å². The Morgan fingerprint density at radius 3 is 2.09 bits per heavy atom. The van der Waals surface area contributed by atoms with Gasteiger partial charge < -0.3 is 33.6 Å². The van der Waals surface area contributed by atoms with Gasteiger partial charge >= 0.3 is 5.69 Å². The van der Waals surface area contributed by atoms with Gasteiger partial charge in [-0.25, -0.2) is 9.78 Å². The van der Waals surface area contributed by atoms with Crippen molar-refractivity contribution in [2.45, 2.75) is 39.8 Å². The summed E-state index contributed by atoms with van der Waals surface area (Å²) in [5.41, 5.74) is 0.784. The van der Waals surface area contributed by atoms with Crippen LogP contribution in [0.25, 0.3) is 11.2 Å². The van der Waals surface area contributed by atoms with Crippen LogP contribution in [0.2, 0.25) is 0 Å². The number of carbonyl (C=O) groups is 1. The second-order valence-electron chi connectivity index (χ2n) is 9.93. The monoisotopic (exact) mass is 610 g/mol. The van der Waals surface area contributed by atoms with Gasteiger partial charge in [0.2, 0.25) is 5.91 Å². The molecule has 0 bridgehead atoms. The van der Waals surface area contributed by atoms with Crippen molar-refractivity contribution in [2.24, 2.45) is 20.0 Å². The molecule has 43 heavy (non-hydrogen) atoms. The van der Waals surface area contributed by atoms with Gasteiger partial charge in [-0.3, -0.25) is 23.8 Å². The molecule has 3 aromatic heterocycles. The van der Waals surface area contributed by atoms with E-state index in [9.17, 15) is 14.4 Å². The number of H-pyrrole nitrogens is 1. The van der Waals surface area contributed by atoms with Crippen molar-refractivity contribution in [2.75, 3.05) is 66.5 Å². The average molecular weight is 611 g/mol. The third-order valence-electron chi connectivity index (χ3n) is 5.99. The Balaban J connectivity index is 0.000000407. The van der Waals surface area contributed by atoms with Crippen LogP contribution in [-0.2, 0) is 55.7 Å². The number of hydrogen-bond donors (Lipinski definition) is 2. The number of fused-ring (bicyclic) bond motifs is 1. The number of imidazole rings is 1. The number of aryl methyl sites for hydroxylation is 3. The van der Waals surface area contributed by atoms with Gasteiger partial charge in [0, 0.05) is 34.1 Å². The van der Waals surface area contributed by atoms with Crippen LogP contribution in [0.3, 0.4) is 0 Å². The van der Waals surface area contributed by atoms with E-state index in [1.807, 2.05) is 10.9 Å². The fourth-order valence-corrected chi connectivity index (χ4v) is 3.51. The lowest BCUT2D eigenvalue weighted by molar-refractivity contribution is -0.121. The molecule has 0 radical (unpaired) electrons. The smallest absolute Gasteiger partial charge is 0.329 e. The largest absolute Gasteiger partial charge is 0.379 e. The van der Waals surface area contributed by atoms with Crippen LogP contribution in [0.15, 0.2) is 22.1 Å². The summed E-state index contributed by atoms with van der Waals surface area (Å²) in [4.78, 5) is 39.6. The lowest BCUT2D eigenvalue weighted by atomic mass is 10.1. The molecular weight excluding hydrogens is 564 g/mol. The Morgan fingerprint density at radius 2 is 1.51 bits per heavy atom. The normalized spacial score (nSPS) is 11.2. The number of rotatable bonds is 20. The van der Waals surface area contributed by atoms with E-state index in [0.717, 1.165) is 18.7 Å². The summed E-state index contributed by atoms with van der Waals surface area (Å²) in [5.74, 6) is 0.619. The molecule has 0 aliphatic rings. The molecule has 16 heteroatoms. The summed E-state index contributed by atoms with van der Waals surface area (Å²) >= 11 is 0. The highest BCUT2D eigenvalue weighted by Crippen LogP contribution is 2.03. The Kier molecular flexibility index (Phi) is 17.0. The maximum atomic E-state index is 11.3. The standard InChI is InChI=1S/C20H38N4O6.C7H8N4O2/c1-18(2)4-6-24-16-19(22-23-24)17-30-15-14-29-13-12-28-11-10-27-9-8-26-7-5-20(25)21-3;1-10-3-8-5-4(10)6(12)9-7(13)11(5)2/h16,18H,4-15,17H2,1-3H3,(H,21,25);3H,1-2H3,(H,9,12,13). The van der Waals surface area contributed by atoms with E-state index >= 15 is 0 Å². The highest BCUT2D eigenvalue weighted by molar-refractivity contribution is 5.75. The van der Waals surface area contributed by atoms with Crippen LogP contribution >= 0.6 is 0 Å². The predicted octanol–water partition coefficient (Wildman–Crippen LogP) is 0.00360. The van der Waals surface area contributed by atoms with E-state index in [1.54, 1.807) is 25.7 Å². The van der Waals surface area contributed by atoms with E-state index in [-0.39, 0.29) is 5.91 Å². The molecule has 0 unspecified atom stereocenters. The van der Waals surface area contributed by atoms with Gasteiger partial charge in [-0.05, 0) is 12.3 Å². The lowest BCUT2D eigenvalue weighted by Crippen LogP contribution is -2.28. The molecule has 3 rings (SSSR count). The number of nitrogens with one attached hydrogen (secondary N) is 2. The number of aromatic nitrogens is 7. The van der Waals surface area contributed by atoms with Crippen LogP contribution in [0.1, 0.15) is 32.4 Å². The molecule has 2 N–H and O–H groups in total. The zero-order valence-corrected chi connectivity index (χ0v) is 25.9. The van der Waals surface area contributed by atoms with Gasteiger partial charge in [-0.1, -0.05) is 19.1 Å². The number of nitrogens with zero attached hydrogens (tertiary/aromatic N) is 6. The molecule has 16 nitrogen and oxygen atoms in total. The number of ether oxygens (including phenoxy) is 5. The molecule has 3 aromatic rings. The van der Waals surface area contributed by atoms with Gasteiger partial charge in [0.25, 0.3) is 5.56 Å². The maximum absolute atomic E-state index is 11.3. The molecule has 0 saturated carbocycles. The van der Waals surface area contributed by atoms with Crippen LogP contribution in [-0.4, -0.2) is 107 Å². The van der Waals surface area contributed by atoms with Gasteiger partial charge in [-0.2, -0.15) is 0 Å². The summed E-state index contributed by atoms with van der Waals surface area (Å²) in [7, 11) is 4.87. The van der Waals surface area contributed by atoms with E-state index < -0.39 is 11.2 Å². The Labute approximate surface area is 250 Å². The molecule has 0 spiro atoms. The Hall–Kier alpha value is -3.44. The summed E-state index contributed by atoms with van der Waals surface area (Å²) in [6, 6.07) is 0. The first kappa shape index (κ1) is 35.8. The molecule has 1 amide bonds. The quantitative estimate of drug-likeness (QED) is 0.165. The predicted molar refractivity (Wildman–Crippen MR) is 158 cm³/mol. The number of hydrogen-bond acceptors (Lipinski definition) is 11. The first-order valence-electron chi connectivity index (χ1n) is 14.3. The molecule has 0 aliphatic carbocycles. The van der Waals surface area contributed by atoms with Crippen molar-refractivity contribution in [1.82, 2.24) is 39.4 Å². The summed E-state index contributed by atoms with van der Waals surface area (Å²) in [6.07, 6.45) is 4.88. The minimum absolute atomic E-state index is 0.0281. The second-order valence-corrected chi connectivity index (χ2v) is 9.93. The minimum Gasteiger partial charge on any atom is -0.379 e. The molecule has 3 heterocycles. The van der Waals surface area contributed by atoms with Crippen molar-refractivity contribution in [1.29, 1.82) is 0 Å². The highest BCUT2D eigenvalue weighted by Gasteiger charge is 2.08. The minimum atomic E-state index is -0.448. The van der Waals surface area contributed by atoms with Crippen molar-refractivity contribution in [3.63, 3.8) is 0 Å². The fraction of sp³-hybridized carbons (Fsp3) is 0.704. The molecule has 0 fully saturated rings. The van der Waals surface area contributed by atoms with Crippen molar-refractivity contribution in [3.8, 4) is 0 Å². The van der Waals surface area contributed by atoms with Crippen LogP contribution in [0.5, 0.6) is 0 Å². The molecule has 0 atom stereocenters. The molecular formula is C27H46N8O8. The van der Waals surface area contributed by atoms with Crippen LogP contribution in [0, 0.1) is 5.92 Å². The molecule has 0 saturated heterocycles. The number of carbonyl (C=O) groups excluding carboxylic acids is 1. The van der Waals surface area contributed by atoms with Crippen molar-refractivity contribution in [3.05, 3.63) is 39.1 Å². The zero-order chi connectivity index (χ0) is 31.5. The SMILES string of the molecule is CNC(=O)CCOCCOCCOCCOCCOCc1cn(CCC(C)C)nn1.Cn1cnc2c1c(=O)[nH]c(=O)n2C. The highest BCUT2D eigenvalue weighted by atomic mass is 16.6. The van der Waals surface area contributed by atoms with Crippen LogP contribution in [0.4, 0.5) is 0 Å². The zero-order valence-electron chi connectivity index (χ0n) is 25.9. The van der Waals surface area contributed by atoms with E-state index in [2.05, 4.69) is 39.4 Å².